The summed E-state index contributed by atoms with van der Waals surface area (Å²) in [6.07, 6.45) is 2.53. The highest BCUT2D eigenvalue weighted by molar-refractivity contribution is 14.0. The van der Waals surface area contributed by atoms with E-state index in [-0.39, 0.29) is 29.9 Å². The molecule has 2 N–H and O–H groups in total. The molecule has 2 aromatic carbocycles. The van der Waals surface area contributed by atoms with Gasteiger partial charge in [0.15, 0.2) is 5.96 Å². The molecule has 2 aromatic rings. The largest absolute Gasteiger partial charge is 0.497 e. The zero-order chi connectivity index (χ0) is 21.2. The summed E-state index contributed by atoms with van der Waals surface area (Å²) in [4.78, 5) is 18.7. The zero-order valence-corrected chi connectivity index (χ0v) is 20.7. The Morgan fingerprint density at radius 1 is 1.10 bits per heavy atom. The number of guanidine groups is 1. The molecule has 0 spiro atoms. The molecule has 1 aliphatic heterocycles. The van der Waals surface area contributed by atoms with E-state index in [1.165, 1.54) is 11.1 Å². The topological polar surface area (TPSA) is 66.0 Å². The summed E-state index contributed by atoms with van der Waals surface area (Å²) in [7, 11) is 1.68. The van der Waals surface area contributed by atoms with Gasteiger partial charge in [0.25, 0.3) is 0 Å². The van der Waals surface area contributed by atoms with Crippen LogP contribution in [-0.4, -0.2) is 43.5 Å². The van der Waals surface area contributed by atoms with Crippen molar-refractivity contribution in [2.45, 2.75) is 39.3 Å². The van der Waals surface area contributed by atoms with Gasteiger partial charge in [0.2, 0.25) is 5.91 Å². The predicted octanol–water partition coefficient (Wildman–Crippen LogP) is 3.73. The van der Waals surface area contributed by atoms with Crippen LogP contribution >= 0.6 is 24.0 Å². The molecule has 0 radical (unpaired) electrons. The molecule has 1 heterocycles. The second-order valence-corrected chi connectivity index (χ2v) is 7.41. The molecule has 3 rings (SSSR count). The lowest BCUT2D eigenvalue weighted by Crippen LogP contribution is -2.38. The number of nitrogens with one attached hydrogen (secondary N) is 2. The number of hydrogen-bond acceptors (Lipinski definition) is 3. The molecule has 0 atom stereocenters. The fourth-order valence-electron chi connectivity index (χ4n) is 3.57. The molecule has 0 aromatic heterocycles. The highest BCUT2D eigenvalue weighted by atomic mass is 127. The molecule has 31 heavy (non-hydrogen) atoms. The van der Waals surface area contributed by atoms with Crippen molar-refractivity contribution in [2.24, 2.45) is 4.99 Å². The number of halogens is 1. The van der Waals surface area contributed by atoms with Gasteiger partial charge in [-0.3, -0.25) is 4.79 Å². The lowest BCUT2D eigenvalue weighted by molar-refractivity contribution is -0.128. The number of amides is 1. The first-order valence-electron chi connectivity index (χ1n) is 10.7. The predicted molar refractivity (Wildman–Crippen MR) is 136 cm³/mol. The monoisotopic (exact) mass is 536 g/mol. The molecule has 6 nitrogen and oxygen atoms in total. The number of ether oxygens (including phenoxy) is 1. The molecule has 7 heteroatoms. The Hall–Kier alpha value is -2.29. The van der Waals surface area contributed by atoms with Gasteiger partial charge in [-0.05, 0) is 48.6 Å². The Labute approximate surface area is 202 Å². The summed E-state index contributed by atoms with van der Waals surface area (Å²) in [6.45, 7) is 5.77. The summed E-state index contributed by atoms with van der Waals surface area (Å²) in [5.41, 5.74) is 3.58. The average molecular weight is 536 g/mol. The highest BCUT2D eigenvalue weighted by Gasteiger charge is 2.20. The first kappa shape index (κ1) is 25.0. The van der Waals surface area contributed by atoms with Crippen molar-refractivity contribution >= 4 is 35.8 Å². The molecule has 0 aliphatic carbocycles. The van der Waals surface area contributed by atoms with Crippen LogP contribution in [0.2, 0.25) is 0 Å². The van der Waals surface area contributed by atoms with E-state index in [2.05, 4.69) is 41.8 Å². The zero-order valence-electron chi connectivity index (χ0n) is 18.4. The van der Waals surface area contributed by atoms with E-state index in [1.54, 1.807) is 7.11 Å². The smallest absolute Gasteiger partial charge is 0.222 e. The van der Waals surface area contributed by atoms with Gasteiger partial charge >= 0.3 is 0 Å². The molecule has 1 aliphatic rings. The summed E-state index contributed by atoms with van der Waals surface area (Å²) in [5, 5.41) is 6.72. The number of carbonyl (C=O) groups is 1. The van der Waals surface area contributed by atoms with E-state index < -0.39 is 0 Å². The Morgan fingerprint density at radius 3 is 2.48 bits per heavy atom. The molecule has 1 saturated heterocycles. The van der Waals surface area contributed by atoms with Crippen molar-refractivity contribution in [3.05, 3.63) is 65.2 Å². The van der Waals surface area contributed by atoms with Gasteiger partial charge in [-0.25, -0.2) is 4.99 Å². The second kappa shape index (κ2) is 13.2. The Kier molecular flexibility index (Phi) is 10.6. The normalized spacial score (nSPS) is 13.7. The number of nitrogens with zero attached hydrogens (tertiary/aromatic N) is 2. The van der Waals surface area contributed by atoms with E-state index in [1.807, 2.05) is 29.2 Å². The van der Waals surface area contributed by atoms with Gasteiger partial charge in [-0.15, -0.1) is 24.0 Å². The van der Waals surface area contributed by atoms with Crippen molar-refractivity contribution in [3.8, 4) is 5.75 Å². The van der Waals surface area contributed by atoms with Crippen LogP contribution in [0.25, 0.3) is 0 Å². The number of benzene rings is 2. The van der Waals surface area contributed by atoms with Crippen LogP contribution in [-0.2, 0) is 24.3 Å². The third-order valence-electron chi connectivity index (χ3n) is 5.27. The van der Waals surface area contributed by atoms with Gasteiger partial charge < -0.3 is 20.3 Å². The number of methoxy groups -OCH3 is 1. The lowest BCUT2D eigenvalue weighted by Gasteiger charge is -2.18. The highest BCUT2D eigenvalue weighted by Crippen LogP contribution is 2.18. The summed E-state index contributed by atoms with van der Waals surface area (Å²) in [5.74, 6) is 1.93. The van der Waals surface area contributed by atoms with Crippen molar-refractivity contribution in [1.29, 1.82) is 0 Å². The maximum Gasteiger partial charge on any atom is 0.222 e. The fourth-order valence-corrected chi connectivity index (χ4v) is 3.57. The van der Waals surface area contributed by atoms with Crippen LogP contribution in [0.15, 0.2) is 53.5 Å². The van der Waals surface area contributed by atoms with E-state index in [0.717, 1.165) is 49.7 Å². The van der Waals surface area contributed by atoms with Gasteiger partial charge in [0.05, 0.1) is 13.7 Å². The number of likely N-dealkylation sites (tertiary alicyclic amines) is 1. The van der Waals surface area contributed by atoms with E-state index in [9.17, 15) is 4.79 Å². The van der Waals surface area contributed by atoms with Crippen LogP contribution in [0, 0.1) is 0 Å². The summed E-state index contributed by atoms with van der Waals surface area (Å²) >= 11 is 0. The average Bonchev–Trinajstić information content (AvgIpc) is 3.17. The first-order chi connectivity index (χ1) is 14.7. The maximum absolute atomic E-state index is 12.0. The number of rotatable bonds is 9. The molecular formula is C24H33IN4O2. The van der Waals surface area contributed by atoms with Crippen molar-refractivity contribution in [2.75, 3.05) is 26.7 Å². The Bertz CT molecular complexity index is 855. The van der Waals surface area contributed by atoms with Crippen LogP contribution < -0.4 is 15.4 Å². The SMILES string of the molecule is CCNC(=NCc1ccccc1CN1CCCC1=O)NCCc1ccc(OC)cc1.I. The summed E-state index contributed by atoms with van der Waals surface area (Å²) < 4.78 is 5.21. The van der Waals surface area contributed by atoms with E-state index in [0.29, 0.717) is 19.5 Å². The fraction of sp³-hybridized carbons (Fsp3) is 0.417. The summed E-state index contributed by atoms with van der Waals surface area (Å²) in [6, 6.07) is 16.4. The van der Waals surface area contributed by atoms with Crippen LogP contribution in [0.5, 0.6) is 5.75 Å². The molecule has 0 bridgehead atoms. The second-order valence-electron chi connectivity index (χ2n) is 7.41. The minimum atomic E-state index is 0. The standard InChI is InChI=1S/C24H32N4O2.HI/c1-3-25-24(26-15-14-19-10-12-22(30-2)13-11-19)27-17-20-7-4-5-8-21(20)18-28-16-6-9-23(28)29;/h4-5,7-8,10-13H,3,6,9,14-18H2,1-2H3,(H2,25,26,27);1H. The molecule has 168 valence electrons. The van der Waals surface area contributed by atoms with Crippen LogP contribution in [0.3, 0.4) is 0 Å². The van der Waals surface area contributed by atoms with E-state index >= 15 is 0 Å². The number of aliphatic imine (C=N–C) groups is 1. The van der Waals surface area contributed by atoms with Gasteiger partial charge in [0.1, 0.15) is 5.75 Å². The third-order valence-corrected chi connectivity index (χ3v) is 5.27. The van der Waals surface area contributed by atoms with Crippen LogP contribution in [0.4, 0.5) is 0 Å². The minimum Gasteiger partial charge on any atom is -0.497 e. The van der Waals surface area contributed by atoms with Gasteiger partial charge in [-0.1, -0.05) is 36.4 Å². The van der Waals surface area contributed by atoms with Crippen molar-refractivity contribution < 1.29 is 9.53 Å². The first-order valence-corrected chi connectivity index (χ1v) is 10.7. The quantitative estimate of drug-likeness (QED) is 0.291. The molecule has 0 saturated carbocycles. The molecule has 1 amide bonds. The Morgan fingerprint density at radius 2 is 1.84 bits per heavy atom. The van der Waals surface area contributed by atoms with Crippen molar-refractivity contribution in [3.63, 3.8) is 0 Å². The molecule has 1 fully saturated rings. The molecule has 0 unspecified atom stereocenters. The van der Waals surface area contributed by atoms with Gasteiger partial charge in [-0.2, -0.15) is 0 Å². The maximum atomic E-state index is 12.0. The third kappa shape index (κ3) is 7.72. The van der Waals surface area contributed by atoms with Crippen LogP contribution in [0.1, 0.15) is 36.5 Å². The van der Waals surface area contributed by atoms with Crippen molar-refractivity contribution in [1.82, 2.24) is 15.5 Å². The molecular weight excluding hydrogens is 503 g/mol. The Balaban J connectivity index is 0.00000341. The van der Waals surface area contributed by atoms with E-state index in [4.69, 9.17) is 9.73 Å². The van der Waals surface area contributed by atoms with Gasteiger partial charge in [0, 0.05) is 32.6 Å². The lowest BCUT2D eigenvalue weighted by atomic mass is 10.1. The minimum absolute atomic E-state index is 0. The number of hydrogen-bond donors (Lipinski definition) is 2. The number of carbonyl (C=O) groups excluding carboxylic acids is 1.